The fourth-order valence-electron chi connectivity index (χ4n) is 1.72. The first-order valence-electron chi connectivity index (χ1n) is 6.04. The van der Waals surface area contributed by atoms with Crippen molar-refractivity contribution in [3.05, 3.63) is 41.9 Å². The molecule has 0 aliphatic heterocycles. The molecule has 0 bridgehead atoms. The van der Waals surface area contributed by atoms with Gasteiger partial charge in [0.15, 0.2) is 5.75 Å². The smallest absolute Gasteiger partial charge is 0.243 e. The fraction of sp³-hybridized carbons (Fsp3) is 0.231. The van der Waals surface area contributed by atoms with E-state index in [1.165, 1.54) is 18.3 Å². The lowest BCUT2D eigenvalue weighted by molar-refractivity contribution is 0.439. The van der Waals surface area contributed by atoms with Gasteiger partial charge in [-0.05, 0) is 37.6 Å². The van der Waals surface area contributed by atoms with Gasteiger partial charge in [0.25, 0.3) is 0 Å². The number of hydrogen-bond donors (Lipinski definition) is 1. The van der Waals surface area contributed by atoms with Crippen LogP contribution in [0.15, 0.2) is 35.4 Å². The van der Waals surface area contributed by atoms with Crippen LogP contribution in [0.1, 0.15) is 18.3 Å². The number of hydrogen-bond acceptors (Lipinski definition) is 5. The maximum absolute atomic E-state index is 11.5. The molecule has 2 aromatic rings. The molecule has 0 saturated heterocycles. The van der Waals surface area contributed by atoms with Gasteiger partial charge in [-0.25, -0.2) is 18.5 Å². The van der Waals surface area contributed by atoms with Crippen LogP contribution in [0, 0.1) is 6.92 Å². The minimum absolute atomic E-state index is 0.0460. The van der Waals surface area contributed by atoms with E-state index in [1.54, 1.807) is 12.1 Å². The Morgan fingerprint density at radius 1 is 1.30 bits per heavy atom. The number of nitrogens with zero attached hydrogens (tertiary/aromatic N) is 2. The molecular weight excluding hydrogens is 278 g/mol. The molecule has 0 aliphatic carbocycles. The second kappa shape index (κ2) is 5.56. The predicted octanol–water partition coefficient (Wildman–Crippen LogP) is 1.79. The number of rotatable bonds is 4. The van der Waals surface area contributed by atoms with Crippen molar-refractivity contribution < 1.29 is 13.2 Å². The highest BCUT2D eigenvalue weighted by molar-refractivity contribution is 7.89. The second-order valence-corrected chi connectivity index (χ2v) is 5.73. The first kappa shape index (κ1) is 14.4. The Kier molecular flexibility index (Phi) is 4.01. The summed E-state index contributed by atoms with van der Waals surface area (Å²) in [6, 6.07) is 6.36. The average molecular weight is 293 g/mol. The van der Waals surface area contributed by atoms with Gasteiger partial charge >= 0.3 is 0 Å². The largest absolute Gasteiger partial charge is 0.436 e. The Labute approximate surface area is 117 Å². The highest BCUT2D eigenvalue weighted by Crippen LogP contribution is 2.27. The zero-order valence-corrected chi connectivity index (χ0v) is 12.0. The molecule has 2 aromatic heterocycles. The molecule has 106 valence electrons. The summed E-state index contributed by atoms with van der Waals surface area (Å²) in [6.45, 7) is 3.81. The number of sulfonamides is 1. The van der Waals surface area contributed by atoms with E-state index in [4.69, 9.17) is 9.88 Å². The standard InChI is InChI=1S/C13H15N3O3S/c1-3-10-11(7-6-9(2)16-10)19-13-12(20(14,17)18)5-4-8-15-13/h4-8H,3H2,1-2H3,(H2,14,17,18). The predicted molar refractivity (Wildman–Crippen MR) is 74.0 cm³/mol. The summed E-state index contributed by atoms with van der Waals surface area (Å²) in [6.07, 6.45) is 2.10. The van der Waals surface area contributed by atoms with Crippen molar-refractivity contribution in [3.8, 4) is 11.6 Å². The monoisotopic (exact) mass is 293 g/mol. The second-order valence-electron chi connectivity index (χ2n) is 4.20. The van der Waals surface area contributed by atoms with Gasteiger partial charge in [0.05, 0.1) is 5.69 Å². The maximum Gasteiger partial charge on any atom is 0.243 e. The van der Waals surface area contributed by atoms with Gasteiger partial charge < -0.3 is 4.74 Å². The Bertz CT molecular complexity index is 729. The SMILES string of the molecule is CCc1nc(C)ccc1Oc1ncccc1S(N)(=O)=O. The van der Waals surface area contributed by atoms with E-state index in [0.29, 0.717) is 12.2 Å². The van der Waals surface area contributed by atoms with Crippen molar-refractivity contribution >= 4 is 10.0 Å². The van der Waals surface area contributed by atoms with Crippen LogP contribution >= 0.6 is 0 Å². The Morgan fingerprint density at radius 3 is 2.70 bits per heavy atom. The molecule has 0 aliphatic rings. The number of aryl methyl sites for hydroxylation is 2. The molecule has 0 fully saturated rings. The van der Waals surface area contributed by atoms with E-state index in [0.717, 1.165) is 11.4 Å². The molecule has 0 amide bonds. The highest BCUT2D eigenvalue weighted by Gasteiger charge is 2.17. The van der Waals surface area contributed by atoms with Crippen LogP contribution in [0.25, 0.3) is 0 Å². The van der Waals surface area contributed by atoms with Crippen molar-refractivity contribution in [2.75, 3.05) is 0 Å². The molecule has 2 N–H and O–H groups in total. The van der Waals surface area contributed by atoms with Crippen molar-refractivity contribution in [2.45, 2.75) is 25.2 Å². The molecule has 0 radical (unpaired) electrons. The molecule has 0 unspecified atom stereocenters. The molecule has 20 heavy (non-hydrogen) atoms. The first-order valence-corrected chi connectivity index (χ1v) is 7.58. The molecule has 0 saturated carbocycles. The number of ether oxygens (including phenoxy) is 1. The van der Waals surface area contributed by atoms with Gasteiger partial charge in [0.2, 0.25) is 15.9 Å². The molecular formula is C13H15N3O3S. The van der Waals surface area contributed by atoms with Crippen LogP contribution in [-0.2, 0) is 16.4 Å². The van der Waals surface area contributed by atoms with Crippen molar-refractivity contribution in [3.63, 3.8) is 0 Å². The molecule has 0 atom stereocenters. The molecule has 6 nitrogen and oxygen atoms in total. The third-order valence-electron chi connectivity index (χ3n) is 2.66. The van der Waals surface area contributed by atoms with Gasteiger partial charge in [0.1, 0.15) is 4.90 Å². The quantitative estimate of drug-likeness (QED) is 0.927. The number of nitrogens with two attached hydrogens (primary N) is 1. The van der Waals surface area contributed by atoms with Crippen LogP contribution in [0.2, 0.25) is 0 Å². The maximum atomic E-state index is 11.5. The fourth-order valence-corrected chi connectivity index (χ4v) is 2.32. The Balaban J connectivity index is 2.46. The molecule has 2 heterocycles. The van der Waals surface area contributed by atoms with Gasteiger partial charge in [-0.3, -0.25) is 4.98 Å². The number of aromatic nitrogens is 2. The van der Waals surface area contributed by atoms with Crippen LogP contribution in [0.3, 0.4) is 0 Å². The summed E-state index contributed by atoms with van der Waals surface area (Å²) in [5.74, 6) is 0.428. The summed E-state index contributed by atoms with van der Waals surface area (Å²) in [7, 11) is -3.89. The molecule has 7 heteroatoms. The first-order chi connectivity index (χ1) is 9.41. The summed E-state index contributed by atoms with van der Waals surface area (Å²) in [4.78, 5) is 8.12. The normalized spacial score (nSPS) is 11.3. The van der Waals surface area contributed by atoms with Crippen molar-refractivity contribution in [1.29, 1.82) is 0 Å². The number of pyridine rings is 2. The van der Waals surface area contributed by atoms with Crippen LogP contribution in [0.5, 0.6) is 11.6 Å². The van der Waals surface area contributed by atoms with Gasteiger partial charge in [-0.15, -0.1) is 0 Å². The van der Waals surface area contributed by atoms with E-state index >= 15 is 0 Å². The van der Waals surface area contributed by atoms with Crippen LogP contribution in [0.4, 0.5) is 0 Å². The summed E-state index contributed by atoms with van der Waals surface area (Å²) in [5.41, 5.74) is 1.60. The Morgan fingerprint density at radius 2 is 2.05 bits per heavy atom. The van der Waals surface area contributed by atoms with E-state index in [-0.39, 0.29) is 10.8 Å². The molecule has 0 spiro atoms. The van der Waals surface area contributed by atoms with Gasteiger partial charge in [-0.1, -0.05) is 6.92 Å². The lowest BCUT2D eigenvalue weighted by Gasteiger charge is -2.11. The topological polar surface area (TPSA) is 95.2 Å². The van der Waals surface area contributed by atoms with Gasteiger partial charge in [-0.2, -0.15) is 0 Å². The van der Waals surface area contributed by atoms with E-state index in [2.05, 4.69) is 9.97 Å². The van der Waals surface area contributed by atoms with E-state index in [1.807, 2.05) is 13.8 Å². The third kappa shape index (κ3) is 3.12. The minimum atomic E-state index is -3.89. The lowest BCUT2D eigenvalue weighted by Crippen LogP contribution is -2.14. The zero-order valence-electron chi connectivity index (χ0n) is 11.2. The lowest BCUT2D eigenvalue weighted by atomic mass is 10.2. The van der Waals surface area contributed by atoms with Crippen LogP contribution < -0.4 is 9.88 Å². The number of primary sulfonamides is 1. The van der Waals surface area contributed by atoms with Crippen LogP contribution in [-0.4, -0.2) is 18.4 Å². The average Bonchev–Trinajstić information content (AvgIpc) is 2.40. The van der Waals surface area contributed by atoms with Crippen molar-refractivity contribution in [1.82, 2.24) is 9.97 Å². The summed E-state index contributed by atoms with van der Waals surface area (Å²) >= 11 is 0. The zero-order chi connectivity index (χ0) is 14.8. The van der Waals surface area contributed by atoms with Gasteiger partial charge in [0, 0.05) is 11.9 Å². The third-order valence-corrected chi connectivity index (χ3v) is 3.58. The minimum Gasteiger partial charge on any atom is -0.436 e. The van der Waals surface area contributed by atoms with E-state index < -0.39 is 10.0 Å². The molecule has 0 aromatic carbocycles. The highest BCUT2D eigenvalue weighted by atomic mass is 32.2. The Hall–Kier alpha value is -1.99. The van der Waals surface area contributed by atoms with E-state index in [9.17, 15) is 8.42 Å². The van der Waals surface area contributed by atoms with Crippen molar-refractivity contribution in [2.24, 2.45) is 5.14 Å². The molecule has 2 rings (SSSR count). The summed E-state index contributed by atoms with van der Waals surface area (Å²) < 4.78 is 28.6. The summed E-state index contributed by atoms with van der Waals surface area (Å²) in [5, 5.41) is 5.14.